The zero-order chi connectivity index (χ0) is 37.3. The Bertz CT molecular complexity index is 1130. The topological polar surface area (TPSA) is 156 Å². The van der Waals surface area contributed by atoms with Gasteiger partial charge in [-0.3, -0.25) is 19.2 Å². The third kappa shape index (κ3) is 19.0. The van der Waals surface area contributed by atoms with Gasteiger partial charge >= 0.3 is 11.9 Å². The predicted molar refractivity (Wildman–Crippen MR) is 196 cm³/mol. The smallest absolute Gasteiger partial charge is 0.303 e. The third-order valence-electron chi connectivity index (χ3n) is 9.26. The van der Waals surface area contributed by atoms with Gasteiger partial charge in [0.1, 0.15) is 0 Å². The quantitative estimate of drug-likeness (QED) is 0.0614. The van der Waals surface area contributed by atoms with Crippen molar-refractivity contribution >= 4 is 23.8 Å². The Hall–Kier alpha value is -3.60. The first-order chi connectivity index (χ1) is 23.9. The van der Waals surface area contributed by atoms with E-state index in [9.17, 15) is 29.4 Å². The number of rotatable bonds is 22. The lowest BCUT2D eigenvalue weighted by Gasteiger charge is -2.23. The fraction of sp³-hybridized carbons (Fsp3) is 0.700. The van der Waals surface area contributed by atoms with E-state index in [1.807, 2.05) is 35.8 Å². The minimum atomic E-state index is -0.752. The van der Waals surface area contributed by atoms with Crippen LogP contribution in [0, 0.1) is 35.5 Å². The highest BCUT2D eigenvalue weighted by Crippen LogP contribution is 2.23. The van der Waals surface area contributed by atoms with Gasteiger partial charge in [-0.1, -0.05) is 63.8 Å². The lowest BCUT2D eigenvalue weighted by molar-refractivity contribution is -0.138. The minimum Gasteiger partial charge on any atom is -0.481 e. The molecule has 2 saturated heterocycles. The van der Waals surface area contributed by atoms with Gasteiger partial charge in [0.05, 0.1) is 24.3 Å². The molecule has 2 heterocycles. The van der Waals surface area contributed by atoms with Crippen LogP contribution in [-0.4, -0.2) is 91.4 Å². The molecule has 0 saturated carbocycles. The number of carboxylic acids is 2. The summed E-state index contributed by atoms with van der Waals surface area (Å²) in [6.45, 7) is 8.92. The molecule has 280 valence electrons. The SMILES string of the molecule is CC#CC[C@@H](C)[C@H](O)/C=C/[C@H]1CCC(=O)N1CCCCCCC(=O)O.CC#CC[C@H](C)[C@H](O)/C=C/[C@H]1CCC(=O)N1CCCCCCC(=O)O. The van der Waals surface area contributed by atoms with Gasteiger partial charge in [-0.2, -0.15) is 0 Å². The third-order valence-corrected chi connectivity index (χ3v) is 9.26. The summed E-state index contributed by atoms with van der Waals surface area (Å²) < 4.78 is 0. The number of likely N-dealkylation sites (tertiary alicyclic amines) is 2. The zero-order valence-electron chi connectivity index (χ0n) is 30.8. The van der Waals surface area contributed by atoms with E-state index >= 15 is 0 Å². The molecule has 10 nitrogen and oxygen atoms in total. The van der Waals surface area contributed by atoms with Crippen LogP contribution in [0.15, 0.2) is 24.3 Å². The van der Waals surface area contributed by atoms with Crippen molar-refractivity contribution in [3.8, 4) is 23.7 Å². The molecule has 2 amide bonds. The molecule has 2 fully saturated rings. The van der Waals surface area contributed by atoms with E-state index < -0.39 is 24.1 Å². The minimum absolute atomic E-state index is 0.0608. The number of hydrogen-bond donors (Lipinski definition) is 4. The number of amides is 2. The van der Waals surface area contributed by atoms with Crippen molar-refractivity contribution in [2.45, 2.75) is 155 Å². The monoisotopic (exact) mass is 698 g/mol. The summed E-state index contributed by atoms with van der Waals surface area (Å²) in [6, 6.07) is 0.122. The van der Waals surface area contributed by atoms with E-state index in [0.717, 1.165) is 51.4 Å². The number of hydrogen-bond acceptors (Lipinski definition) is 6. The number of carboxylic acid groups (broad SMARTS) is 2. The highest BCUT2D eigenvalue weighted by Gasteiger charge is 2.29. The van der Waals surface area contributed by atoms with Crippen molar-refractivity contribution in [2.75, 3.05) is 13.1 Å². The van der Waals surface area contributed by atoms with Crippen LogP contribution < -0.4 is 0 Å². The molecule has 2 rings (SSSR count). The predicted octanol–water partition coefficient (Wildman–Crippen LogP) is 5.96. The average Bonchev–Trinajstić information content (AvgIpc) is 3.62. The van der Waals surface area contributed by atoms with Crippen LogP contribution in [0.25, 0.3) is 0 Å². The molecule has 0 unspecified atom stereocenters. The summed E-state index contributed by atoms with van der Waals surface area (Å²) in [7, 11) is 0. The van der Waals surface area contributed by atoms with Crippen LogP contribution >= 0.6 is 0 Å². The van der Waals surface area contributed by atoms with Gasteiger partial charge in [-0.25, -0.2) is 0 Å². The summed E-state index contributed by atoms with van der Waals surface area (Å²) >= 11 is 0. The summed E-state index contributed by atoms with van der Waals surface area (Å²) in [5.74, 6) is 10.6. The molecule has 0 bridgehead atoms. The van der Waals surface area contributed by atoms with Crippen molar-refractivity contribution in [2.24, 2.45) is 11.8 Å². The Morgan fingerprint density at radius 2 is 1.04 bits per heavy atom. The van der Waals surface area contributed by atoms with Crippen LogP contribution in [0.1, 0.15) is 130 Å². The van der Waals surface area contributed by atoms with Gasteiger partial charge < -0.3 is 30.2 Å². The molecule has 0 radical (unpaired) electrons. The number of aliphatic carboxylic acids is 2. The maximum atomic E-state index is 12.0. The Labute approximate surface area is 300 Å². The number of aliphatic hydroxyl groups is 2. The largest absolute Gasteiger partial charge is 0.481 e. The van der Waals surface area contributed by atoms with E-state index in [4.69, 9.17) is 10.2 Å². The zero-order valence-corrected chi connectivity index (χ0v) is 30.8. The highest BCUT2D eigenvalue weighted by atomic mass is 16.4. The van der Waals surface area contributed by atoms with Gasteiger partial charge in [0.15, 0.2) is 0 Å². The molecule has 0 spiro atoms. The lowest BCUT2D eigenvalue weighted by atomic mass is 10.00. The fourth-order valence-electron chi connectivity index (χ4n) is 5.95. The number of nitrogens with zero attached hydrogens (tertiary/aromatic N) is 2. The molecule has 0 aliphatic carbocycles. The Kier molecular flexibility index (Phi) is 23.3. The highest BCUT2D eigenvalue weighted by molar-refractivity contribution is 5.79. The Morgan fingerprint density at radius 3 is 1.38 bits per heavy atom. The first kappa shape index (κ1) is 44.4. The first-order valence-corrected chi connectivity index (χ1v) is 18.5. The van der Waals surface area contributed by atoms with Crippen molar-refractivity contribution in [1.82, 2.24) is 9.80 Å². The molecule has 0 aromatic carbocycles. The molecule has 6 atom stereocenters. The maximum absolute atomic E-state index is 12.0. The number of aliphatic hydroxyl groups excluding tert-OH is 2. The van der Waals surface area contributed by atoms with Gasteiger partial charge in [-0.15, -0.1) is 23.7 Å². The molecule has 10 heteroatoms. The van der Waals surface area contributed by atoms with Crippen LogP contribution in [-0.2, 0) is 19.2 Å². The van der Waals surface area contributed by atoms with Gasteiger partial charge in [0, 0.05) is 51.6 Å². The summed E-state index contributed by atoms with van der Waals surface area (Å²) in [6.07, 6.45) is 17.6. The van der Waals surface area contributed by atoms with Crippen LogP contribution in [0.5, 0.6) is 0 Å². The molecular formula is C40H62N2O8. The second kappa shape index (κ2) is 26.2. The van der Waals surface area contributed by atoms with Crippen LogP contribution in [0.4, 0.5) is 0 Å². The Balaban J connectivity index is 0.000000500. The second-order valence-corrected chi connectivity index (χ2v) is 13.5. The molecular weight excluding hydrogens is 636 g/mol. The van der Waals surface area contributed by atoms with Crippen molar-refractivity contribution in [3.05, 3.63) is 24.3 Å². The first-order valence-electron chi connectivity index (χ1n) is 18.5. The average molecular weight is 699 g/mol. The van der Waals surface area contributed by atoms with Gasteiger partial charge in [0.2, 0.25) is 11.8 Å². The lowest BCUT2D eigenvalue weighted by Crippen LogP contribution is -2.33. The fourth-order valence-corrected chi connectivity index (χ4v) is 5.95. The van der Waals surface area contributed by atoms with E-state index in [0.29, 0.717) is 51.6 Å². The van der Waals surface area contributed by atoms with E-state index in [1.54, 1.807) is 26.0 Å². The molecule has 2 aliphatic heterocycles. The molecule has 0 aromatic heterocycles. The summed E-state index contributed by atoms with van der Waals surface area (Å²) in [5.41, 5.74) is 0. The standard InChI is InChI=1S/2C20H31NO4/c2*1-3-4-9-16(2)18(22)13-11-17-12-14-19(23)21(17)15-8-6-5-7-10-20(24)25/h2*11,13,16-18,22H,5-10,12,14-15H2,1-2H3,(H,24,25)/b2*13-11+/t16-,17+,18-;16-,17-,18+/m10/s1. The molecule has 50 heavy (non-hydrogen) atoms. The summed E-state index contributed by atoms with van der Waals surface area (Å²) in [4.78, 5) is 48.8. The maximum Gasteiger partial charge on any atom is 0.303 e. The molecule has 0 aromatic rings. The number of unbranched alkanes of at least 4 members (excludes halogenated alkanes) is 6. The molecule has 4 N–H and O–H groups in total. The number of carbonyl (C=O) groups is 4. The summed E-state index contributed by atoms with van der Waals surface area (Å²) in [5, 5.41) is 37.6. The van der Waals surface area contributed by atoms with Crippen LogP contribution in [0.3, 0.4) is 0 Å². The van der Waals surface area contributed by atoms with Crippen molar-refractivity contribution in [3.63, 3.8) is 0 Å². The van der Waals surface area contributed by atoms with E-state index in [1.165, 1.54) is 0 Å². The van der Waals surface area contributed by atoms with Gasteiger partial charge in [-0.05, 0) is 64.2 Å². The number of carbonyl (C=O) groups excluding carboxylic acids is 2. The Morgan fingerprint density at radius 1 is 0.680 bits per heavy atom. The van der Waals surface area contributed by atoms with Crippen LogP contribution in [0.2, 0.25) is 0 Å². The normalized spacial score (nSPS) is 19.7. The van der Waals surface area contributed by atoms with Gasteiger partial charge in [0.25, 0.3) is 0 Å². The van der Waals surface area contributed by atoms with E-state index in [2.05, 4.69) is 23.7 Å². The van der Waals surface area contributed by atoms with Crippen molar-refractivity contribution < 1.29 is 39.6 Å². The van der Waals surface area contributed by atoms with E-state index in [-0.39, 0.29) is 48.6 Å². The molecule has 2 aliphatic rings. The van der Waals surface area contributed by atoms with Crippen molar-refractivity contribution in [1.29, 1.82) is 0 Å². The second-order valence-electron chi connectivity index (χ2n) is 13.5.